The molecule has 7 heteroatoms. The first kappa shape index (κ1) is 15.9. The normalized spacial score (nSPS) is 10.0. The number of benzene rings is 1. The minimum absolute atomic E-state index is 0.0963. The second-order valence-corrected chi connectivity index (χ2v) is 4.99. The lowest BCUT2D eigenvalue weighted by Crippen LogP contribution is -2.31. The first-order valence-electron chi connectivity index (χ1n) is 5.52. The number of thiocarbonyl (C=S) groups is 1. The Labute approximate surface area is 125 Å². The number of hydrogen-bond donors (Lipinski definition) is 2. The monoisotopic (exact) mass is 346 g/mol. The maximum absolute atomic E-state index is 11.5. The summed E-state index contributed by atoms with van der Waals surface area (Å²) in [5.41, 5.74) is 6.19. The largest absolute Gasteiger partial charge is 0.483 e. The van der Waals surface area contributed by atoms with E-state index in [0.29, 0.717) is 24.5 Å². The van der Waals surface area contributed by atoms with Crippen LogP contribution in [0.1, 0.15) is 5.56 Å². The van der Waals surface area contributed by atoms with E-state index in [9.17, 15) is 4.79 Å². The van der Waals surface area contributed by atoms with Crippen LogP contribution in [-0.4, -0.2) is 37.8 Å². The number of methoxy groups -OCH3 is 1. The Morgan fingerprint density at radius 3 is 2.89 bits per heavy atom. The highest BCUT2D eigenvalue weighted by atomic mass is 79.9. The van der Waals surface area contributed by atoms with Crippen LogP contribution in [-0.2, 0) is 9.53 Å². The molecule has 0 aliphatic carbocycles. The molecule has 1 rings (SSSR count). The molecule has 1 aromatic rings. The Balaban J connectivity index is 2.57. The summed E-state index contributed by atoms with van der Waals surface area (Å²) in [6, 6.07) is 5.25. The smallest absolute Gasteiger partial charge is 0.258 e. The van der Waals surface area contributed by atoms with Crippen molar-refractivity contribution < 1.29 is 14.3 Å². The van der Waals surface area contributed by atoms with Crippen molar-refractivity contribution in [2.24, 2.45) is 5.73 Å². The lowest BCUT2D eigenvalue weighted by molar-refractivity contribution is -0.123. The third-order valence-corrected chi connectivity index (χ3v) is 2.91. The van der Waals surface area contributed by atoms with Crippen LogP contribution < -0.4 is 15.8 Å². The van der Waals surface area contributed by atoms with E-state index < -0.39 is 0 Å². The topological polar surface area (TPSA) is 73.6 Å². The third kappa shape index (κ3) is 5.54. The molecule has 0 atom stereocenters. The Bertz CT molecular complexity index is 468. The summed E-state index contributed by atoms with van der Waals surface area (Å²) in [7, 11) is 1.57. The van der Waals surface area contributed by atoms with Crippen LogP contribution in [0.5, 0.6) is 5.75 Å². The van der Waals surface area contributed by atoms with Crippen molar-refractivity contribution in [3.8, 4) is 5.75 Å². The first-order valence-corrected chi connectivity index (χ1v) is 6.72. The average Bonchev–Trinajstić information content (AvgIpc) is 2.37. The number of carbonyl (C=O) groups is 1. The summed E-state index contributed by atoms with van der Waals surface area (Å²) in [5.74, 6) is 0.256. The molecule has 1 amide bonds. The summed E-state index contributed by atoms with van der Waals surface area (Å²) in [5, 5.41) is 2.65. The second-order valence-electron chi connectivity index (χ2n) is 3.64. The Hall–Kier alpha value is -1.18. The molecular weight excluding hydrogens is 332 g/mol. The van der Waals surface area contributed by atoms with Gasteiger partial charge in [0.1, 0.15) is 10.7 Å². The summed E-state index contributed by atoms with van der Waals surface area (Å²) >= 11 is 8.26. The van der Waals surface area contributed by atoms with E-state index in [1.165, 1.54) is 0 Å². The zero-order valence-electron chi connectivity index (χ0n) is 10.4. The van der Waals surface area contributed by atoms with Gasteiger partial charge in [-0.15, -0.1) is 0 Å². The summed E-state index contributed by atoms with van der Waals surface area (Å²) < 4.78 is 11.1. The van der Waals surface area contributed by atoms with Crippen LogP contribution in [0.25, 0.3) is 0 Å². The van der Waals surface area contributed by atoms with E-state index in [1.54, 1.807) is 25.3 Å². The molecular formula is C12H15BrN2O3S. The predicted octanol–water partition coefficient (Wildman–Crippen LogP) is 1.22. The summed E-state index contributed by atoms with van der Waals surface area (Å²) in [6.07, 6.45) is 0. The van der Waals surface area contributed by atoms with Crippen LogP contribution in [0, 0.1) is 0 Å². The van der Waals surface area contributed by atoms with Gasteiger partial charge in [-0.1, -0.05) is 28.1 Å². The molecule has 0 aliphatic heterocycles. The van der Waals surface area contributed by atoms with Crippen LogP contribution in [0.15, 0.2) is 22.7 Å². The lowest BCUT2D eigenvalue weighted by Gasteiger charge is -2.11. The van der Waals surface area contributed by atoms with Gasteiger partial charge in [0.15, 0.2) is 6.61 Å². The standard InChI is InChI=1S/C12H15BrN2O3S/c1-17-5-4-15-11(16)7-18-10-3-2-8(13)6-9(10)12(14)19/h2-3,6H,4-5,7H2,1H3,(H2,14,19)(H,15,16). The van der Waals surface area contributed by atoms with Crippen molar-refractivity contribution in [1.82, 2.24) is 5.32 Å². The van der Waals surface area contributed by atoms with Gasteiger partial charge in [-0.3, -0.25) is 4.79 Å². The van der Waals surface area contributed by atoms with E-state index >= 15 is 0 Å². The molecule has 0 saturated heterocycles. The fourth-order valence-corrected chi connectivity index (χ4v) is 1.83. The minimum atomic E-state index is -0.228. The maximum Gasteiger partial charge on any atom is 0.258 e. The molecule has 19 heavy (non-hydrogen) atoms. The van der Waals surface area contributed by atoms with Crippen molar-refractivity contribution in [1.29, 1.82) is 0 Å². The SMILES string of the molecule is COCCNC(=O)COc1ccc(Br)cc1C(N)=S. The number of rotatable bonds is 7. The van der Waals surface area contributed by atoms with E-state index in [0.717, 1.165) is 4.47 Å². The van der Waals surface area contributed by atoms with Crippen LogP contribution in [0.4, 0.5) is 0 Å². The van der Waals surface area contributed by atoms with Gasteiger partial charge in [0.2, 0.25) is 0 Å². The molecule has 0 heterocycles. The molecule has 0 bridgehead atoms. The van der Waals surface area contributed by atoms with E-state index in [2.05, 4.69) is 21.2 Å². The molecule has 0 saturated carbocycles. The molecule has 0 spiro atoms. The van der Waals surface area contributed by atoms with E-state index in [-0.39, 0.29) is 17.5 Å². The van der Waals surface area contributed by atoms with Gasteiger partial charge < -0.3 is 20.5 Å². The number of hydrogen-bond acceptors (Lipinski definition) is 4. The highest BCUT2D eigenvalue weighted by Crippen LogP contribution is 2.23. The number of nitrogens with two attached hydrogens (primary N) is 1. The highest BCUT2D eigenvalue weighted by molar-refractivity contribution is 9.10. The summed E-state index contributed by atoms with van der Waals surface area (Å²) in [6.45, 7) is 0.810. The Kier molecular flexibility index (Phi) is 6.75. The zero-order chi connectivity index (χ0) is 14.3. The Morgan fingerprint density at radius 2 is 2.26 bits per heavy atom. The van der Waals surface area contributed by atoms with E-state index in [4.69, 9.17) is 27.4 Å². The molecule has 0 aliphatic rings. The second kappa shape index (κ2) is 8.08. The molecule has 0 unspecified atom stereocenters. The number of halogens is 1. The molecule has 0 aromatic heterocycles. The van der Waals surface area contributed by atoms with Gasteiger partial charge in [-0.05, 0) is 18.2 Å². The van der Waals surface area contributed by atoms with Crippen molar-refractivity contribution >= 4 is 39.0 Å². The van der Waals surface area contributed by atoms with Gasteiger partial charge >= 0.3 is 0 Å². The van der Waals surface area contributed by atoms with Gasteiger partial charge in [0.25, 0.3) is 5.91 Å². The maximum atomic E-state index is 11.5. The van der Waals surface area contributed by atoms with Crippen LogP contribution in [0.2, 0.25) is 0 Å². The molecule has 3 N–H and O–H groups in total. The van der Waals surface area contributed by atoms with Crippen molar-refractivity contribution in [2.75, 3.05) is 26.9 Å². The highest BCUT2D eigenvalue weighted by Gasteiger charge is 2.09. The Morgan fingerprint density at radius 1 is 1.53 bits per heavy atom. The van der Waals surface area contributed by atoms with Crippen LogP contribution in [0.3, 0.4) is 0 Å². The first-order chi connectivity index (χ1) is 9.04. The van der Waals surface area contributed by atoms with Gasteiger partial charge in [0, 0.05) is 18.1 Å². The quantitative estimate of drug-likeness (QED) is 0.573. The molecule has 0 fully saturated rings. The number of nitrogens with one attached hydrogen (secondary N) is 1. The number of carbonyl (C=O) groups excluding carboxylic acids is 1. The average molecular weight is 347 g/mol. The van der Waals surface area contributed by atoms with Gasteiger partial charge in [0.05, 0.1) is 12.2 Å². The third-order valence-electron chi connectivity index (χ3n) is 2.19. The fourth-order valence-electron chi connectivity index (χ4n) is 1.31. The molecule has 5 nitrogen and oxygen atoms in total. The van der Waals surface area contributed by atoms with Crippen molar-refractivity contribution in [3.05, 3.63) is 28.2 Å². The van der Waals surface area contributed by atoms with Gasteiger partial charge in [-0.25, -0.2) is 0 Å². The number of amides is 1. The zero-order valence-corrected chi connectivity index (χ0v) is 12.8. The van der Waals surface area contributed by atoms with E-state index in [1.807, 2.05) is 0 Å². The molecule has 104 valence electrons. The minimum Gasteiger partial charge on any atom is -0.483 e. The van der Waals surface area contributed by atoms with Crippen LogP contribution >= 0.6 is 28.1 Å². The molecule has 1 aromatic carbocycles. The number of ether oxygens (including phenoxy) is 2. The lowest BCUT2D eigenvalue weighted by atomic mass is 10.2. The van der Waals surface area contributed by atoms with Gasteiger partial charge in [-0.2, -0.15) is 0 Å². The van der Waals surface area contributed by atoms with Crippen molar-refractivity contribution in [2.45, 2.75) is 0 Å². The predicted molar refractivity (Wildman–Crippen MR) is 80.4 cm³/mol. The fraction of sp³-hybridized carbons (Fsp3) is 0.333. The summed E-state index contributed by atoms with van der Waals surface area (Å²) in [4.78, 5) is 11.7. The molecule has 0 radical (unpaired) electrons. The van der Waals surface area contributed by atoms with Crippen molar-refractivity contribution in [3.63, 3.8) is 0 Å².